The summed E-state index contributed by atoms with van der Waals surface area (Å²) < 4.78 is 5.64. The molecule has 0 aliphatic rings. The molecule has 0 saturated carbocycles. The zero-order chi connectivity index (χ0) is 10.5. The smallest absolute Gasteiger partial charge is 0.119 e. The van der Waals surface area contributed by atoms with E-state index in [4.69, 9.17) is 4.74 Å². The Hall–Kier alpha value is -0.750. The third-order valence-corrected chi connectivity index (χ3v) is 2.51. The lowest BCUT2D eigenvalue weighted by Gasteiger charge is -2.05. The van der Waals surface area contributed by atoms with Crippen LogP contribution in [0.3, 0.4) is 0 Å². The molecule has 1 unspecified atom stereocenters. The molecule has 1 atom stereocenters. The van der Waals surface area contributed by atoms with Gasteiger partial charge in [0, 0.05) is 0 Å². The predicted molar refractivity (Wildman–Crippen MR) is 81.1 cm³/mol. The minimum absolute atomic E-state index is 0. The van der Waals surface area contributed by atoms with Gasteiger partial charge in [-0.2, -0.15) is 0 Å². The summed E-state index contributed by atoms with van der Waals surface area (Å²) in [5.74, 6) is 0.907. The molecule has 0 bridgehead atoms. The van der Waals surface area contributed by atoms with E-state index >= 15 is 0 Å². The molecule has 0 fully saturated rings. The van der Waals surface area contributed by atoms with Crippen LogP contribution in [-0.2, 0) is 6.61 Å². The molecule has 0 radical (unpaired) electrons. The molecule has 0 heterocycles. The Labute approximate surface area is 117 Å². The van der Waals surface area contributed by atoms with Crippen molar-refractivity contribution in [2.45, 2.75) is 6.61 Å². The molecule has 0 N–H and O–H groups in total. The van der Waals surface area contributed by atoms with Gasteiger partial charge in [-0.05, 0) is 23.0 Å². The van der Waals surface area contributed by atoms with Crippen molar-refractivity contribution >= 4 is 39.4 Å². The topological polar surface area (TPSA) is 9.23 Å². The van der Waals surface area contributed by atoms with Crippen molar-refractivity contribution in [1.29, 1.82) is 0 Å². The molecule has 0 aliphatic carbocycles. The highest BCUT2D eigenvalue weighted by Crippen LogP contribution is 2.11. The van der Waals surface area contributed by atoms with Gasteiger partial charge in [0.2, 0.25) is 0 Å². The first kappa shape index (κ1) is 16.2. The van der Waals surface area contributed by atoms with Gasteiger partial charge in [0.25, 0.3) is 0 Å². The van der Waals surface area contributed by atoms with Crippen LogP contribution in [0.2, 0.25) is 0 Å². The summed E-state index contributed by atoms with van der Waals surface area (Å²) in [4.78, 5) is 0. The Morgan fingerprint density at radius 3 is 2.00 bits per heavy atom. The quantitative estimate of drug-likeness (QED) is 0.784. The van der Waals surface area contributed by atoms with Gasteiger partial charge in [0.15, 0.2) is 0 Å². The van der Waals surface area contributed by atoms with E-state index < -0.39 is 0 Å². The second-order valence-electron chi connectivity index (χ2n) is 3.34. The molecule has 0 aliphatic heterocycles. The van der Waals surface area contributed by atoms with E-state index in [1.165, 1.54) is 10.9 Å². The number of hydrogen-bond acceptors (Lipinski definition) is 1. The van der Waals surface area contributed by atoms with Gasteiger partial charge in [-0.3, -0.25) is 0 Å². The number of hydrogen-bond donors (Lipinski definition) is 0. The molecule has 1 nitrogen and oxygen atoms in total. The molecule has 17 heavy (non-hydrogen) atoms. The lowest BCUT2D eigenvalue weighted by atomic mass is 10.2. The van der Waals surface area contributed by atoms with Gasteiger partial charge in [-0.25, -0.2) is 0 Å². The summed E-state index contributed by atoms with van der Waals surface area (Å²) in [5, 5.41) is 1.17. The molecule has 92 valence electrons. The van der Waals surface area contributed by atoms with Crippen molar-refractivity contribution in [3.63, 3.8) is 0 Å². The Bertz CT molecular complexity index is 417. The first-order valence-electron chi connectivity index (χ1n) is 4.87. The van der Waals surface area contributed by atoms with Gasteiger partial charge in [0.05, 0.1) is 0 Å². The standard InChI is InChI=1S/C13H13OP.2ClH/c15-13-8-6-12(7-9-13)14-10-11-4-2-1-3-5-11;;/h1-9H,10,15H2;2*1H. The SMILES string of the molecule is Cl.Cl.Pc1ccc(OCc2ccccc2)cc1. The van der Waals surface area contributed by atoms with E-state index in [1.807, 2.05) is 42.5 Å². The fourth-order valence-corrected chi connectivity index (χ4v) is 1.50. The number of rotatable bonds is 3. The third-order valence-electron chi connectivity index (χ3n) is 2.13. The van der Waals surface area contributed by atoms with E-state index in [0.29, 0.717) is 6.61 Å². The van der Waals surface area contributed by atoms with E-state index in [0.717, 1.165) is 5.75 Å². The van der Waals surface area contributed by atoms with Crippen LogP contribution in [0.25, 0.3) is 0 Å². The fraction of sp³-hybridized carbons (Fsp3) is 0.0769. The molecule has 2 aromatic rings. The van der Waals surface area contributed by atoms with Crippen LogP contribution in [0.1, 0.15) is 5.56 Å². The lowest BCUT2D eigenvalue weighted by Crippen LogP contribution is -1.96. The van der Waals surface area contributed by atoms with Gasteiger partial charge >= 0.3 is 0 Å². The second kappa shape index (κ2) is 8.36. The Morgan fingerprint density at radius 1 is 0.824 bits per heavy atom. The van der Waals surface area contributed by atoms with Gasteiger partial charge in [-0.1, -0.05) is 42.5 Å². The molecule has 0 spiro atoms. The highest BCUT2D eigenvalue weighted by molar-refractivity contribution is 7.27. The van der Waals surface area contributed by atoms with Crippen molar-refractivity contribution in [1.82, 2.24) is 0 Å². The summed E-state index contributed by atoms with van der Waals surface area (Å²) in [6, 6.07) is 18.2. The number of ether oxygens (including phenoxy) is 1. The zero-order valence-corrected chi connectivity index (χ0v) is 12.0. The fourth-order valence-electron chi connectivity index (χ4n) is 1.30. The van der Waals surface area contributed by atoms with E-state index in [9.17, 15) is 0 Å². The first-order chi connectivity index (χ1) is 7.34. The molecule has 0 amide bonds. The van der Waals surface area contributed by atoms with Crippen LogP contribution in [0.15, 0.2) is 54.6 Å². The Kier molecular flexibility index (Phi) is 7.99. The molecular weight excluding hydrogens is 274 g/mol. The maximum Gasteiger partial charge on any atom is 0.119 e. The van der Waals surface area contributed by atoms with Crippen molar-refractivity contribution < 1.29 is 4.74 Å². The maximum absolute atomic E-state index is 5.64. The van der Waals surface area contributed by atoms with Gasteiger partial charge in [-0.15, -0.1) is 34.1 Å². The molecule has 2 aromatic carbocycles. The summed E-state index contributed by atoms with van der Waals surface area (Å²) in [7, 11) is 2.66. The molecule has 0 aromatic heterocycles. The molecule has 2 rings (SSSR count). The molecular formula is C13H15Cl2OP. The van der Waals surface area contributed by atoms with Crippen LogP contribution in [0, 0.1) is 0 Å². The zero-order valence-electron chi connectivity index (χ0n) is 9.21. The maximum atomic E-state index is 5.64. The number of halogens is 2. The van der Waals surface area contributed by atoms with Gasteiger partial charge < -0.3 is 4.74 Å². The van der Waals surface area contributed by atoms with Crippen molar-refractivity contribution in [2.75, 3.05) is 0 Å². The largest absolute Gasteiger partial charge is 0.489 e. The monoisotopic (exact) mass is 288 g/mol. The Balaban J connectivity index is 0.00000128. The van der Waals surface area contributed by atoms with Crippen molar-refractivity contribution in [3.05, 3.63) is 60.2 Å². The second-order valence-corrected chi connectivity index (χ2v) is 4.01. The van der Waals surface area contributed by atoms with Crippen molar-refractivity contribution in [2.24, 2.45) is 0 Å². The summed E-state index contributed by atoms with van der Waals surface area (Å²) >= 11 is 0. The highest BCUT2D eigenvalue weighted by atomic mass is 35.5. The van der Waals surface area contributed by atoms with Crippen LogP contribution < -0.4 is 10.0 Å². The van der Waals surface area contributed by atoms with E-state index in [2.05, 4.69) is 21.4 Å². The normalized spacial score (nSPS) is 8.76. The first-order valence-corrected chi connectivity index (χ1v) is 5.44. The average molecular weight is 289 g/mol. The summed E-state index contributed by atoms with van der Waals surface area (Å²) in [6.45, 7) is 0.622. The van der Waals surface area contributed by atoms with Gasteiger partial charge in [0.1, 0.15) is 12.4 Å². The van der Waals surface area contributed by atoms with Crippen LogP contribution in [-0.4, -0.2) is 0 Å². The lowest BCUT2D eigenvalue weighted by molar-refractivity contribution is 0.306. The third kappa shape index (κ3) is 5.41. The summed E-state index contributed by atoms with van der Waals surface area (Å²) in [5.41, 5.74) is 1.19. The molecule has 4 heteroatoms. The van der Waals surface area contributed by atoms with Crippen molar-refractivity contribution in [3.8, 4) is 5.75 Å². The van der Waals surface area contributed by atoms with E-state index in [1.54, 1.807) is 0 Å². The average Bonchev–Trinajstić information content (AvgIpc) is 2.30. The molecule has 0 saturated heterocycles. The van der Waals surface area contributed by atoms with Crippen LogP contribution in [0.5, 0.6) is 5.75 Å². The minimum atomic E-state index is 0. The van der Waals surface area contributed by atoms with Crippen LogP contribution in [0.4, 0.5) is 0 Å². The minimum Gasteiger partial charge on any atom is -0.489 e. The Morgan fingerprint density at radius 2 is 1.41 bits per heavy atom. The highest BCUT2D eigenvalue weighted by Gasteiger charge is 1.94. The number of benzene rings is 2. The summed E-state index contributed by atoms with van der Waals surface area (Å²) in [6.07, 6.45) is 0. The van der Waals surface area contributed by atoms with Crippen LogP contribution >= 0.6 is 34.1 Å². The van der Waals surface area contributed by atoms with E-state index in [-0.39, 0.29) is 24.8 Å². The predicted octanol–water partition coefficient (Wildman–Crippen LogP) is 3.61.